The summed E-state index contributed by atoms with van der Waals surface area (Å²) in [5.74, 6) is -3.45. The number of carbonyl (C=O) groups is 4. The molecule has 8 aliphatic rings. The van der Waals surface area contributed by atoms with Crippen LogP contribution in [0.1, 0.15) is 27.7 Å². The lowest BCUT2D eigenvalue weighted by molar-refractivity contribution is -0.389. The third kappa shape index (κ3) is 18.3. The average molecular weight is 1480 g/mol. The fourth-order valence-corrected chi connectivity index (χ4v) is 13.1. The largest absolute Gasteiger partial charge is 0.394 e. The number of rotatable bonds is 26. The number of ether oxygens (including phenoxy) is 15. The maximum atomic E-state index is 12.9. The first-order chi connectivity index (χ1) is 47.8. The molecule has 26 N–H and O–H groups in total. The van der Waals surface area contributed by atoms with Gasteiger partial charge in [-0.1, -0.05) is 0 Å². The minimum absolute atomic E-state index is 0.739. The molecule has 40 atom stereocenters. The molecule has 1 unspecified atom stereocenters. The van der Waals surface area contributed by atoms with Crippen LogP contribution in [0, 0.1) is 0 Å². The van der Waals surface area contributed by atoms with Crippen molar-refractivity contribution in [3.63, 3.8) is 0 Å². The van der Waals surface area contributed by atoms with Gasteiger partial charge in [0, 0.05) is 27.7 Å². The predicted octanol–water partition coefficient (Wildman–Crippen LogP) is -17.9. The molecular weight excluding hydrogens is 1380 g/mol. The molecule has 8 heterocycles. The fourth-order valence-electron chi connectivity index (χ4n) is 13.1. The van der Waals surface area contributed by atoms with Crippen molar-refractivity contribution in [2.75, 3.05) is 52.9 Å². The minimum Gasteiger partial charge on any atom is -0.394 e. The first kappa shape index (κ1) is 83.0. The van der Waals surface area contributed by atoms with Crippen LogP contribution in [0.25, 0.3) is 0 Å². The summed E-state index contributed by atoms with van der Waals surface area (Å²) >= 11 is 0. The normalized spacial score (nSPS) is 48.3. The number of nitrogens with one attached hydrogen (secondary N) is 4. The van der Waals surface area contributed by atoms with Gasteiger partial charge in [-0.25, -0.2) is 0 Å². The SMILES string of the molecule is CC(=O)N[C@H]1[C@H](O[C@H]2[C@@H](O)[C@@H](CO)O[C@@H](O[C@H]3[C@H](O)[C@@H](NC(C)=O)[C@H](O[C@H]4[C@@H](O)[C@@H](CO)O[C@@H](O[C@H]5[C@H](O)[C@@H](NC(C)=O)[C@H](O[C@H]6[C@@H](O)[C@@H](CO)O[C@@H](O[C@H]7[C@H](O)[C@@H](NC(C)=O)C(O)O[C@@H]7CO)[C@@H]6O)O[C@@H]5CO)[C@@H]4O)O[C@@H]3CO)[C@@H]2O)O[C@H](CO)[C@@H](O[C@@H]2O[C@H](CO)[C@H](O)[C@H](O)[C@H]2O)[C@@H]1O. The van der Waals surface area contributed by atoms with Crippen LogP contribution < -0.4 is 21.3 Å². The van der Waals surface area contributed by atoms with E-state index in [0.29, 0.717) is 0 Å². The molecule has 584 valence electrons. The quantitative estimate of drug-likeness (QED) is 0.0382. The third-order valence-corrected chi connectivity index (χ3v) is 18.3. The van der Waals surface area contributed by atoms with Gasteiger partial charge in [-0.3, -0.25) is 19.2 Å². The van der Waals surface area contributed by atoms with Gasteiger partial charge in [0.25, 0.3) is 0 Å². The number of carbonyl (C=O) groups excluding carboxylic acids is 4. The van der Waals surface area contributed by atoms with Gasteiger partial charge in [0.05, 0.1) is 52.9 Å². The van der Waals surface area contributed by atoms with Crippen LogP contribution in [0.3, 0.4) is 0 Å². The smallest absolute Gasteiger partial charge is 0.217 e. The monoisotopic (exact) mass is 1480 g/mol. The summed E-state index contributed by atoms with van der Waals surface area (Å²) in [6, 6.07) is -7.16. The lowest BCUT2D eigenvalue weighted by Gasteiger charge is -2.51. The second kappa shape index (κ2) is 36.3. The van der Waals surface area contributed by atoms with E-state index in [2.05, 4.69) is 21.3 Å². The highest BCUT2D eigenvalue weighted by Crippen LogP contribution is 2.39. The van der Waals surface area contributed by atoms with Gasteiger partial charge in [0.1, 0.15) is 195 Å². The summed E-state index contributed by atoms with van der Waals surface area (Å²) in [6.45, 7) is -4.39. The van der Waals surface area contributed by atoms with Crippen LogP contribution in [-0.2, 0) is 90.2 Å². The number of aliphatic hydroxyl groups excluding tert-OH is 22. The molecular formula is C56H94N4O41. The van der Waals surface area contributed by atoms with Gasteiger partial charge in [0.2, 0.25) is 23.6 Å². The van der Waals surface area contributed by atoms with E-state index >= 15 is 0 Å². The summed E-state index contributed by atoms with van der Waals surface area (Å²) < 4.78 is 87.1. The van der Waals surface area contributed by atoms with E-state index in [-0.39, 0.29) is 0 Å². The van der Waals surface area contributed by atoms with Gasteiger partial charge in [0.15, 0.2) is 50.3 Å². The summed E-state index contributed by atoms with van der Waals surface area (Å²) in [5.41, 5.74) is 0. The standard InChI is InChI=1S/C56H94N4O41/c1-13(69)57-25-33(77)42(21(9-65)87-49(25)86)96-54-39(83)46(30(74)18(6-62)89-54)99-51-27(59-15(3)71)35(79)44(23(11-67)93-51)98-56-41(85)48(32(76)20(8-64)91-56)101-52-28(60-16(4)72)36(80)45(24(12-68)94-52)97-55-40(84)47(31(75)19(7-63)90-55)100-50-26(58-14(2)70)34(78)43(22(10-66)92-50)95-53-38(82)37(81)29(73)17(5-61)88-53/h17-56,61-68,73-86H,5-12H2,1-4H3,(H,57,69)(H,58,70)(H,59,71)(H,60,72)/t17-,18-,19-,20-,21-,22-,23-,24-,25-,26-,27-,28-,29+,30+,31+,32+,33-,34-,35-,36-,37+,38-,39-,40-,41-,42-,43-,44-,45-,46+,47+,48+,49?,50+,51+,52+,53+,54+,55+,56+/m1/s1. The predicted molar refractivity (Wildman–Crippen MR) is 311 cm³/mol. The zero-order chi connectivity index (χ0) is 74.5. The molecule has 0 radical (unpaired) electrons. The highest BCUT2D eigenvalue weighted by atomic mass is 16.8. The molecule has 0 saturated carbocycles. The van der Waals surface area contributed by atoms with Crippen molar-refractivity contribution in [1.29, 1.82) is 0 Å². The summed E-state index contributed by atoms with van der Waals surface area (Å²) in [4.78, 5) is 50.2. The molecule has 0 aliphatic carbocycles. The van der Waals surface area contributed by atoms with Gasteiger partial charge in [-0.05, 0) is 0 Å². The third-order valence-electron chi connectivity index (χ3n) is 18.3. The average Bonchev–Trinajstić information content (AvgIpc) is 0.771. The van der Waals surface area contributed by atoms with E-state index < -0.39 is 322 Å². The second-order valence-electron chi connectivity index (χ2n) is 25.3. The van der Waals surface area contributed by atoms with Crippen molar-refractivity contribution in [2.24, 2.45) is 0 Å². The Bertz CT molecular complexity index is 2640. The van der Waals surface area contributed by atoms with Crippen molar-refractivity contribution in [2.45, 2.75) is 273 Å². The van der Waals surface area contributed by atoms with Crippen molar-refractivity contribution in [3.05, 3.63) is 0 Å². The molecule has 101 heavy (non-hydrogen) atoms. The topological polar surface area (TPSA) is 700 Å². The zero-order valence-electron chi connectivity index (χ0n) is 54.3. The van der Waals surface area contributed by atoms with Crippen LogP contribution in [0.4, 0.5) is 0 Å². The van der Waals surface area contributed by atoms with Gasteiger partial charge in [-0.2, -0.15) is 0 Å². The molecule has 0 aromatic rings. The molecule has 45 heteroatoms. The summed E-state index contributed by atoms with van der Waals surface area (Å²) in [6.07, 6.45) is -71.1. The van der Waals surface area contributed by atoms with Gasteiger partial charge >= 0.3 is 0 Å². The first-order valence-corrected chi connectivity index (χ1v) is 32.1. The molecule has 8 rings (SSSR count). The summed E-state index contributed by atoms with van der Waals surface area (Å²) in [5, 5.41) is 251. The maximum Gasteiger partial charge on any atom is 0.217 e. The van der Waals surface area contributed by atoms with Crippen molar-refractivity contribution >= 4 is 23.6 Å². The molecule has 8 aliphatic heterocycles. The van der Waals surface area contributed by atoms with E-state index in [1.165, 1.54) is 0 Å². The van der Waals surface area contributed by atoms with E-state index in [4.69, 9.17) is 71.1 Å². The first-order valence-electron chi connectivity index (χ1n) is 32.1. The highest BCUT2D eigenvalue weighted by Gasteiger charge is 2.60. The molecule has 0 aromatic carbocycles. The number of hydrogen-bond donors (Lipinski definition) is 26. The van der Waals surface area contributed by atoms with Crippen LogP contribution in [0.5, 0.6) is 0 Å². The lowest BCUT2D eigenvalue weighted by atomic mass is 9.93. The summed E-state index contributed by atoms with van der Waals surface area (Å²) in [7, 11) is 0. The Morgan fingerprint density at radius 2 is 0.446 bits per heavy atom. The van der Waals surface area contributed by atoms with Crippen molar-refractivity contribution in [3.8, 4) is 0 Å². The number of aliphatic hydroxyl groups is 22. The Kier molecular flexibility index (Phi) is 29.9. The van der Waals surface area contributed by atoms with Crippen LogP contribution in [0.15, 0.2) is 0 Å². The molecule has 8 fully saturated rings. The minimum atomic E-state index is -2.33. The zero-order valence-corrected chi connectivity index (χ0v) is 54.3. The Morgan fingerprint density at radius 3 is 0.703 bits per heavy atom. The fraction of sp³-hybridized carbons (Fsp3) is 0.929. The molecule has 0 aromatic heterocycles. The maximum absolute atomic E-state index is 12.9. The van der Waals surface area contributed by atoms with Crippen LogP contribution >= 0.6 is 0 Å². The van der Waals surface area contributed by atoms with E-state index in [9.17, 15) is 132 Å². The molecule has 45 nitrogen and oxygen atoms in total. The van der Waals surface area contributed by atoms with Crippen molar-refractivity contribution < 1.29 is 203 Å². The van der Waals surface area contributed by atoms with Crippen LogP contribution in [-0.4, -0.2) is 434 Å². The molecule has 8 saturated heterocycles. The Hall–Kier alpha value is -3.60. The second-order valence-corrected chi connectivity index (χ2v) is 25.3. The highest BCUT2D eigenvalue weighted by molar-refractivity contribution is 5.74. The number of amides is 4. The van der Waals surface area contributed by atoms with E-state index in [1.807, 2.05) is 0 Å². The lowest BCUT2D eigenvalue weighted by Crippen LogP contribution is -2.71. The van der Waals surface area contributed by atoms with Gasteiger partial charge in [-0.15, -0.1) is 0 Å². The molecule has 4 amide bonds. The molecule has 0 spiro atoms. The van der Waals surface area contributed by atoms with E-state index in [0.717, 1.165) is 27.7 Å². The van der Waals surface area contributed by atoms with Gasteiger partial charge < -0.3 is 205 Å². The van der Waals surface area contributed by atoms with E-state index in [1.54, 1.807) is 0 Å². The Balaban J connectivity index is 0.979. The van der Waals surface area contributed by atoms with Crippen LogP contribution in [0.2, 0.25) is 0 Å². The van der Waals surface area contributed by atoms with Crippen molar-refractivity contribution in [1.82, 2.24) is 21.3 Å². The Morgan fingerprint density at radius 1 is 0.238 bits per heavy atom. The number of hydrogen-bond acceptors (Lipinski definition) is 41. The Labute approximate surface area is 572 Å². The molecule has 0 bridgehead atoms.